The molecule has 1 heterocycles. The molecule has 1 aliphatic heterocycles. The zero-order chi connectivity index (χ0) is 14.8. The van der Waals surface area contributed by atoms with Crippen molar-refractivity contribution in [1.29, 1.82) is 0 Å². The Balaban J connectivity index is 2.04. The zero-order valence-electron chi connectivity index (χ0n) is 12.6. The molecule has 108 valence electrons. The third-order valence-corrected chi connectivity index (χ3v) is 3.67. The maximum Gasteiger partial charge on any atom is 0.282 e. The van der Waals surface area contributed by atoms with Gasteiger partial charge in [0.15, 0.2) is 0 Å². The Hall–Kier alpha value is -1.97. The van der Waals surface area contributed by atoms with Crippen molar-refractivity contribution in [3.05, 3.63) is 36.3 Å². The quantitative estimate of drug-likeness (QED) is 0.787. The second-order valence-corrected chi connectivity index (χ2v) is 5.69. The molecule has 0 spiro atoms. The van der Waals surface area contributed by atoms with Gasteiger partial charge in [0.25, 0.3) is 5.95 Å². The highest BCUT2D eigenvalue weighted by atomic mass is 16.7. The van der Waals surface area contributed by atoms with Crippen LogP contribution in [-0.4, -0.2) is 24.5 Å². The number of rotatable bonds is 3. The van der Waals surface area contributed by atoms with Crippen LogP contribution >= 0.6 is 0 Å². The van der Waals surface area contributed by atoms with Crippen LogP contribution in [0.3, 0.4) is 0 Å². The molecular formula is C16H21NO3. The summed E-state index contributed by atoms with van der Waals surface area (Å²) in [6, 6.07) is 7.51. The van der Waals surface area contributed by atoms with Crippen LogP contribution in [0.4, 0.5) is 5.69 Å². The fraction of sp³-hybridized carbons (Fsp3) is 0.438. The van der Waals surface area contributed by atoms with Gasteiger partial charge in [-0.25, -0.2) is 0 Å². The highest BCUT2D eigenvalue weighted by Gasteiger charge is 2.48. The summed E-state index contributed by atoms with van der Waals surface area (Å²) < 4.78 is 16.6. The average molecular weight is 275 g/mol. The van der Waals surface area contributed by atoms with E-state index in [1.807, 2.05) is 52.0 Å². The lowest BCUT2D eigenvalue weighted by atomic mass is 9.90. The lowest BCUT2D eigenvalue weighted by Crippen LogP contribution is -2.41. The molecule has 0 N–H and O–H groups in total. The van der Waals surface area contributed by atoms with E-state index in [4.69, 9.17) is 14.2 Å². The normalized spacial score (nSPS) is 19.6. The standard InChI is InChI=1S/C16H21NO3/c1-15(2)16(3,4)20-14(19-15)10-11-17-12-6-8-13(18-5)9-7-12/h6-11H,1-5H3. The molecule has 0 atom stereocenters. The maximum atomic E-state index is 5.77. The van der Waals surface area contributed by atoms with Crippen molar-refractivity contribution in [2.24, 2.45) is 4.99 Å². The summed E-state index contributed by atoms with van der Waals surface area (Å²) in [5, 5.41) is 0. The number of methoxy groups -OCH3 is 1. The van der Waals surface area contributed by atoms with E-state index in [1.54, 1.807) is 19.4 Å². The molecule has 0 unspecified atom stereocenters. The first kappa shape index (κ1) is 14.4. The SMILES string of the molecule is COc1ccc(N=CC=C2OC(C)(C)C(C)(C)O2)cc1. The van der Waals surface area contributed by atoms with E-state index in [-0.39, 0.29) is 11.2 Å². The molecule has 1 fully saturated rings. The van der Waals surface area contributed by atoms with Crippen LogP contribution in [0, 0.1) is 0 Å². The maximum absolute atomic E-state index is 5.77. The van der Waals surface area contributed by atoms with E-state index >= 15 is 0 Å². The first-order valence-corrected chi connectivity index (χ1v) is 6.60. The topological polar surface area (TPSA) is 40.0 Å². The number of ether oxygens (including phenoxy) is 3. The van der Waals surface area contributed by atoms with Crippen molar-refractivity contribution >= 4 is 11.9 Å². The van der Waals surface area contributed by atoms with Crippen LogP contribution in [-0.2, 0) is 9.47 Å². The van der Waals surface area contributed by atoms with Gasteiger partial charge in [0, 0.05) is 12.3 Å². The number of nitrogens with zero attached hydrogens (tertiary/aromatic N) is 1. The molecule has 0 saturated carbocycles. The first-order valence-electron chi connectivity index (χ1n) is 6.60. The van der Waals surface area contributed by atoms with Crippen LogP contribution < -0.4 is 4.74 Å². The molecule has 1 saturated heterocycles. The van der Waals surface area contributed by atoms with Gasteiger partial charge in [0.1, 0.15) is 17.0 Å². The Bertz CT molecular complexity index is 509. The molecule has 2 rings (SSSR count). The van der Waals surface area contributed by atoms with E-state index in [0.717, 1.165) is 11.4 Å². The molecule has 0 aliphatic carbocycles. The summed E-state index contributed by atoms with van der Waals surface area (Å²) in [5.74, 6) is 1.31. The van der Waals surface area contributed by atoms with Crippen molar-refractivity contribution in [2.75, 3.05) is 7.11 Å². The summed E-state index contributed by atoms with van der Waals surface area (Å²) >= 11 is 0. The second-order valence-electron chi connectivity index (χ2n) is 5.69. The minimum Gasteiger partial charge on any atom is -0.497 e. The van der Waals surface area contributed by atoms with E-state index in [2.05, 4.69) is 4.99 Å². The molecule has 20 heavy (non-hydrogen) atoms. The first-order chi connectivity index (χ1) is 9.34. The lowest BCUT2D eigenvalue weighted by molar-refractivity contribution is 0.00578. The van der Waals surface area contributed by atoms with E-state index < -0.39 is 0 Å². The van der Waals surface area contributed by atoms with Gasteiger partial charge in [0.2, 0.25) is 0 Å². The number of allylic oxidation sites excluding steroid dienone is 1. The van der Waals surface area contributed by atoms with Crippen molar-refractivity contribution in [2.45, 2.75) is 38.9 Å². The Kier molecular flexibility index (Phi) is 3.75. The minimum absolute atomic E-state index is 0.354. The van der Waals surface area contributed by atoms with E-state index in [0.29, 0.717) is 5.95 Å². The molecule has 0 amide bonds. The Morgan fingerprint density at radius 2 is 1.55 bits per heavy atom. The molecule has 0 bridgehead atoms. The highest BCUT2D eigenvalue weighted by Crippen LogP contribution is 2.39. The summed E-state index contributed by atoms with van der Waals surface area (Å²) in [7, 11) is 1.64. The summed E-state index contributed by atoms with van der Waals surface area (Å²) in [5.41, 5.74) is 0.138. The fourth-order valence-corrected chi connectivity index (χ4v) is 1.69. The molecule has 1 aromatic carbocycles. The molecule has 4 heteroatoms. The highest BCUT2D eigenvalue weighted by molar-refractivity contribution is 5.74. The number of aliphatic imine (C=N–C) groups is 1. The van der Waals surface area contributed by atoms with Gasteiger partial charge in [-0.05, 0) is 52.0 Å². The monoisotopic (exact) mass is 275 g/mol. The smallest absolute Gasteiger partial charge is 0.282 e. The molecular weight excluding hydrogens is 254 g/mol. The van der Waals surface area contributed by atoms with Crippen LogP contribution in [0.15, 0.2) is 41.3 Å². The predicted octanol–water partition coefficient (Wildman–Crippen LogP) is 3.84. The summed E-state index contributed by atoms with van der Waals surface area (Å²) in [6.45, 7) is 8.03. The predicted molar refractivity (Wildman–Crippen MR) is 79.6 cm³/mol. The van der Waals surface area contributed by atoms with Crippen molar-refractivity contribution < 1.29 is 14.2 Å². The molecule has 4 nitrogen and oxygen atoms in total. The third kappa shape index (κ3) is 2.95. The zero-order valence-corrected chi connectivity index (χ0v) is 12.6. The van der Waals surface area contributed by atoms with E-state index in [9.17, 15) is 0 Å². The molecule has 0 radical (unpaired) electrons. The van der Waals surface area contributed by atoms with Gasteiger partial charge < -0.3 is 14.2 Å². The van der Waals surface area contributed by atoms with Crippen molar-refractivity contribution in [3.63, 3.8) is 0 Å². The van der Waals surface area contributed by atoms with Gasteiger partial charge in [0.05, 0.1) is 12.8 Å². The third-order valence-electron chi connectivity index (χ3n) is 3.67. The summed E-state index contributed by atoms with van der Waals surface area (Å²) in [4.78, 5) is 4.32. The van der Waals surface area contributed by atoms with Crippen LogP contribution in [0.2, 0.25) is 0 Å². The van der Waals surface area contributed by atoms with Crippen LogP contribution in [0.1, 0.15) is 27.7 Å². The average Bonchev–Trinajstić information content (AvgIpc) is 2.58. The van der Waals surface area contributed by atoms with Gasteiger partial charge in [-0.1, -0.05) is 0 Å². The van der Waals surface area contributed by atoms with Crippen LogP contribution in [0.5, 0.6) is 5.75 Å². The molecule has 1 aliphatic rings. The van der Waals surface area contributed by atoms with Gasteiger partial charge in [-0.15, -0.1) is 0 Å². The van der Waals surface area contributed by atoms with Crippen LogP contribution in [0.25, 0.3) is 0 Å². The van der Waals surface area contributed by atoms with Crippen molar-refractivity contribution in [3.8, 4) is 5.75 Å². The second kappa shape index (κ2) is 5.19. The summed E-state index contributed by atoms with van der Waals surface area (Å²) in [6.07, 6.45) is 3.41. The molecule has 1 aromatic rings. The number of hydrogen-bond acceptors (Lipinski definition) is 4. The fourth-order valence-electron chi connectivity index (χ4n) is 1.69. The lowest BCUT2D eigenvalue weighted by Gasteiger charge is -2.28. The molecule has 0 aromatic heterocycles. The van der Waals surface area contributed by atoms with E-state index in [1.165, 1.54) is 0 Å². The number of hydrogen-bond donors (Lipinski definition) is 0. The van der Waals surface area contributed by atoms with Gasteiger partial charge in [-0.3, -0.25) is 4.99 Å². The largest absolute Gasteiger partial charge is 0.497 e. The Labute approximate surface area is 120 Å². The Morgan fingerprint density at radius 3 is 2.05 bits per heavy atom. The van der Waals surface area contributed by atoms with Gasteiger partial charge in [-0.2, -0.15) is 0 Å². The Morgan fingerprint density at radius 1 is 1.00 bits per heavy atom. The number of benzene rings is 1. The van der Waals surface area contributed by atoms with Crippen molar-refractivity contribution in [1.82, 2.24) is 0 Å². The van der Waals surface area contributed by atoms with Gasteiger partial charge >= 0.3 is 0 Å². The minimum atomic E-state index is -0.354.